The van der Waals surface area contributed by atoms with E-state index in [2.05, 4.69) is 62.5 Å². The first-order valence-electron chi connectivity index (χ1n) is 17.6. The first-order chi connectivity index (χ1) is 23.8. The number of ketones is 1. The number of urea groups is 1. The fourth-order valence-corrected chi connectivity index (χ4v) is 6.06. The summed E-state index contributed by atoms with van der Waals surface area (Å²) in [6, 6.07) is 13.0. The predicted molar refractivity (Wildman–Crippen MR) is 194 cm³/mol. The number of anilines is 1. The molecule has 2 N–H and O–H groups in total. The van der Waals surface area contributed by atoms with Crippen LogP contribution < -0.4 is 15.4 Å². The summed E-state index contributed by atoms with van der Waals surface area (Å²) in [7, 11) is 3.68. The molecular formula is C38H52N8O4. The van der Waals surface area contributed by atoms with E-state index in [1.54, 1.807) is 13.2 Å². The van der Waals surface area contributed by atoms with Crippen molar-refractivity contribution in [1.29, 1.82) is 0 Å². The summed E-state index contributed by atoms with van der Waals surface area (Å²) < 4.78 is 13.7. The van der Waals surface area contributed by atoms with Crippen molar-refractivity contribution >= 4 is 23.3 Å². The number of hydrogen-bond donors (Lipinski definition) is 2. The number of Topliss-reactive ketones (excluding diaryl/α,β-unsaturated/α-hetero) is 1. The molecule has 50 heavy (non-hydrogen) atoms. The third-order valence-electron chi connectivity index (χ3n) is 9.49. The Morgan fingerprint density at radius 3 is 2.48 bits per heavy atom. The van der Waals surface area contributed by atoms with Crippen molar-refractivity contribution in [3.8, 4) is 5.75 Å². The summed E-state index contributed by atoms with van der Waals surface area (Å²) in [4.78, 5) is 37.8. The van der Waals surface area contributed by atoms with Crippen LogP contribution in [0.25, 0.3) is 5.65 Å². The monoisotopic (exact) mass is 684 g/mol. The normalized spacial score (nSPS) is 16.3. The number of amides is 2. The smallest absolute Gasteiger partial charge is 0.320 e. The van der Waals surface area contributed by atoms with E-state index in [1.165, 1.54) is 0 Å². The lowest BCUT2D eigenvalue weighted by atomic mass is 9.85. The molecule has 0 saturated heterocycles. The Kier molecular flexibility index (Phi) is 11.5. The lowest BCUT2D eigenvalue weighted by Crippen LogP contribution is -2.36. The molecule has 3 aromatic heterocycles. The van der Waals surface area contributed by atoms with Crippen LogP contribution in [0.2, 0.25) is 0 Å². The van der Waals surface area contributed by atoms with Gasteiger partial charge in [0.15, 0.2) is 17.3 Å². The van der Waals surface area contributed by atoms with Crippen molar-refractivity contribution in [2.24, 2.45) is 0 Å². The molecule has 1 aliphatic carbocycles. The van der Waals surface area contributed by atoms with E-state index < -0.39 is 6.03 Å². The maximum atomic E-state index is 13.4. The zero-order chi connectivity index (χ0) is 36.1. The minimum Gasteiger partial charge on any atom is -0.484 e. The molecule has 12 heteroatoms. The number of fused-ring (bicyclic) bond motifs is 2. The summed E-state index contributed by atoms with van der Waals surface area (Å²) in [5.41, 5.74) is 3.01. The highest BCUT2D eigenvalue weighted by Crippen LogP contribution is 2.39. The average Bonchev–Trinajstić information content (AvgIpc) is 3.52. The molecule has 4 aromatic rings. The summed E-state index contributed by atoms with van der Waals surface area (Å²) in [6.45, 7) is 14.7. The largest absolute Gasteiger partial charge is 0.484 e. The van der Waals surface area contributed by atoms with Crippen LogP contribution in [-0.4, -0.2) is 75.1 Å². The maximum Gasteiger partial charge on any atom is 0.320 e. The van der Waals surface area contributed by atoms with Gasteiger partial charge in [0.25, 0.3) is 0 Å². The van der Waals surface area contributed by atoms with Crippen molar-refractivity contribution in [3.63, 3.8) is 0 Å². The lowest BCUT2D eigenvalue weighted by Gasteiger charge is -2.32. The second-order valence-corrected chi connectivity index (χ2v) is 14.9. The van der Waals surface area contributed by atoms with Gasteiger partial charge >= 0.3 is 6.03 Å². The molecular weight excluding hydrogens is 632 g/mol. The van der Waals surface area contributed by atoms with Crippen molar-refractivity contribution < 1.29 is 19.1 Å². The van der Waals surface area contributed by atoms with Crippen molar-refractivity contribution in [2.45, 2.75) is 96.6 Å². The summed E-state index contributed by atoms with van der Waals surface area (Å²) >= 11 is 0. The molecule has 12 nitrogen and oxygen atoms in total. The number of methoxy groups -OCH3 is 1. The molecule has 268 valence electrons. The Balaban J connectivity index is 1.28. The van der Waals surface area contributed by atoms with Crippen molar-refractivity contribution in [3.05, 3.63) is 77.1 Å². The number of likely N-dealkylation sites (N-methyl/N-ethyl adjacent to an activating group) is 1. The summed E-state index contributed by atoms with van der Waals surface area (Å²) in [6.07, 6.45) is 5.08. The van der Waals surface area contributed by atoms with Gasteiger partial charge in [-0.25, -0.2) is 14.8 Å². The van der Waals surface area contributed by atoms with Crippen molar-refractivity contribution in [1.82, 2.24) is 34.8 Å². The minimum absolute atomic E-state index is 0.116. The molecule has 0 radical (unpaired) electrons. The predicted octanol–water partition coefficient (Wildman–Crippen LogP) is 6.82. The molecule has 0 bridgehead atoms. The van der Waals surface area contributed by atoms with E-state index in [4.69, 9.17) is 9.47 Å². The van der Waals surface area contributed by atoms with Gasteiger partial charge in [-0.2, -0.15) is 0 Å². The molecule has 1 aliphatic rings. The fourth-order valence-electron chi connectivity index (χ4n) is 6.06. The van der Waals surface area contributed by atoms with E-state index in [0.29, 0.717) is 43.8 Å². The van der Waals surface area contributed by atoms with Gasteiger partial charge in [0, 0.05) is 37.0 Å². The van der Waals surface area contributed by atoms with Crippen LogP contribution in [0.5, 0.6) is 5.75 Å². The quantitative estimate of drug-likeness (QED) is 0.137. The highest BCUT2D eigenvalue weighted by atomic mass is 16.5. The zero-order valence-electron chi connectivity index (χ0n) is 30.7. The van der Waals surface area contributed by atoms with Crippen LogP contribution in [0.1, 0.15) is 119 Å². The number of benzene rings is 1. The van der Waals surface area contributed by atoms with Crippen LogP contribution in [0, 0.1) is 0 Å². The maximum absolute atomic E-state index is 13.4. The first kappa shape index (κ1) is 36.9. The molecule has 2 atom stereocenters. The lowest BCUT2D eigenvalue weighted by molar-refractivity contribution is 0.0963. The second kappa shape index (κ2) is 15.6. The SMILES string of the molecule is CCC(C)(C)c1nnc2ccc(O[C@@H]3CC[C@H](NC(=O)Nc4cc(C(C)(C)C)nc(C(=O)CCCN(C)CCOC)n4)c4ccccc43)cn12. The van der Waals surface area contributed by atoms with Gasteiger partial charge in [0.2, 0.25) is 0 Å². The number of hydrogen-bond acceptors (Lipinski definition) is 9. The molecule has 2 amide bonds. The van der Waals surface area contributed by atoms with Crippen LogP contribution in [0.3, 0.4) is 0 Å². The molecule has 5 rings (SSSR count). The summed E-state index contributed by atoms with van der Waals surface area (Å²) in [5, 5.41) is 14.9. The van der Waals surface area contributed by atoms with Crippen LogP contribution in [0.4, 0.5) is 10.6 Å². The standard InChI is InChI=1S/C38H52N8O4/c1-9-38(5,6)35-44-43-33-19-16-25(24-46(33)35)50-30-18-17-28(26-13-10-11-14-27(26)30)39-36(48)42-32-23-31(37(2,3)4)40-34(41-32)29(47)15-12-20-45(7)21-22-49-8/h10-11,13-14,16,19,23-24,28,30H,9,12,15,17-18,20-22H2,1-8H3,(H2,39,40,41,42,48)/t28-,30+/m0/s1. The molecule has 3 heterocycles. The van der Waals surface area contributed by atoms with Gasteiger partial charge in [-0.15, -0.1) is 10.2 Å². The number of rotatable bonds is 14. The molecule has 0 spiro atoms. The molecule has 0 saturated carbocycles. The average molecular weight is 685 g/mol. The molecule has 0 unspecified atom stereocenters. The third-order valence-corrected chi connectivity index (χ3v) is 9.49. The topological polar surface area (TPSA) is 136 Å². The van der Waals surface area contributed by atoms with Crippen LogP contribution in [-0.2, 0) is 15.6 Å². The number of carbonyl (C=O) groups is 2. The number of ether oxygens (including phenoxy) is 2. The van der Waals surface area contributed by atoms with Gasteiger partial charge in [-0.1, -0.05) is 65.8 Å². The highest BCUT2D eigenvalue weighted by Gasteiger charge is 2.31. The Hall–Kier alpha value is -4.42. The van der Waals surface area contributed by atoms with Gasteiger partial charge in [-0.05, 0) is 62.5 Å². The first-order valence-corrected chi connectivity index (χ1v) is 17.6. The molecule has 0 aliphatic heterocycles. The third kappa shape index (κ3) is 8.83. The van der Waals surface area contributed by atoms with Gasteiger partial charge in [0.05, 0.1) is 24.5 Å². The summed E-state index contributed by atoms with van der Waals surface area (Å²) in [5.74, 6) is 1.89. The second-order valence-electron chi connectivity index (χ2n) is 14.9. The molecule has 1 aromatic carbocycles. The zero-order valence-corrected chi connectivity index (χ0v) is 30.7. The Labute approximate surface area is 295 Å². The van der Waals surface area contributed by atoms with E-state index >= 15 is 0 Å². The van der Waals surface area contributed by atoms with E-state index in [9.17, 15) is 9.59 Å². The van der Waals surface area contributed by atoms with E-state index in [-0.39, 0.29) is 34.6 Å². The molecule has 0 fully saturated rings. The number of aromatic nitrogens is 5. The number of nitrogens with one attached hydrogen (secondary N) is 2. The van der Waals surface area contributed by atoms with Crippen LogP contribution in [0.15, 0.2) is 48.7 Å². The van der Waals surface area contributed by atoms with Crippen molar-refractivity contribution in [2.75, 3.05) is 39.2 Å². The van der Waals surface area contributed by atoms with Crippen LogP contribution >= 0.6 is 0 Å². The Morgan fingerprint density at radius 2 is 1.76 bits per heavy atom. The number of carbonyl (C=O) groups excluding carboxylic acids is 2. The Morgan fingerprint density at radius 1 is 1.00 bits per heavy atom. The Bertz CT molecular complexity index is 1800. The fraction of sp³-hybridized carbons (Fsp3) is 0.526. The van der Waals surface area contributed by atoms with Gasteiger partial charge in [-0.3, -0.25) is 14.5 Å². The van der Waals surface area contributed by atoms with E-state index in [1.807, 2.05) is 68.7 Å². The number of nitrogens with zero attached hydrogens (tertiary/aromatic N) is 6. The van der Waals surface area contributed by atoms with Gasteiger partial charge in [0.1, 0.15) is 23.5 Å². The van der Waals surface area contributed by atoms with E-state index in [0.717, 1.165) is 47.9 Å². The number of pyridine rings is 1. The minimum atomic E-state index is -0.398. The van der Waals surface area contributed by atoms with Gasteiger partial charge < -0.3 is 19.7 Å². The highest BCUT2D eigenvalue weighted by molar-refractivity contribution is 5.94.